The second-order valence-corrected chi connectivity index (χ2v) is 5.05. The average Bonchev–Trinajstić information content (AvgIpc) is 2.46. The summed E-state index contributed by atoms with van der Waals surface area (Å²) in [7, 11) is 0. The van der Waals surface area contributed by atoms with Gasteiger partial charge in [0.15, 0.2) is 0 Å². The minimum atomic E-state index is -0.270. The Kier molecular flexibility index (Phi) is 4.87. The van der Waals surface area contributed by atoms with Gasteiger partial charge < -0.3 is 10.4 Å². The van der Waals surface area contributed by atoms with E-state index in [-0.39, 0.29) is 17.8 Å². The molecule has 5 heteroatoms. The molecule has 1 aromatic carbocycles. The molecule has 1 aromatic rings. The van der Waals surface area contributed by atoms with E-state index in [1.54, 1.807) is 24.3 Å². The first kappa shape index (κ1) is 14.2. The summed E-state index contributed by atoms with van der Waals surface area (Å²) >= 11 is 0. The van der Waals surface area contributed by atoms with Gasteiger partial charge in [-0.1, -0.05) is 38.0 Å². The number of hydrogen-bond donors (Lipinski definition) is 4. The van der Waals surface area contributed by atoms with E-state index < -0.39 is 0 Å². The molecule has 20 heavy (non-hydrogen) atoms. The van der Waals surface area contributed by atoms with Crippen molar-refractivity contribution in [1.29, 1.82) is 0 Å². The highest BCUT2D eigenvalue weighted by atomic mass is 16.3. The van der Waals surface area contributed by atoms with Crippen molar-refractivity contribution in [2.45, 2.75) is 38.1 Å². The number of hydrazine groups is 1. The molecule has 1 saturated carbocycles. The fraction of sp³-hybridized carbons (Fsp3) is 0.400. The van der Waals surface area contributed by atoms with Crippen molar-refractivity contribution < 1.29 is 9.90 Å². The number of benzene rings is 1. The van der Waals surface area contributed by atoms with Crippen LogP contribution in [0.4, 0.5) is 4.79 Å². The molecule has 0 bridgehead atoms. The van der Waals surface area contributed by atoms with Gasteiger partial charge in [0.2, 0.25) is 0 Å². The minimum Gasteiger partial charge on any atom is -0.507 e. The molecule has 108 valence electrons. The van der Waals surface area contributed by atoms with E-state index in [2.05, 4.69) is 22.7 Å². The zero-order valence-corrected chi connectivity index (χ0v) is 11.5. The van der Waals surface area contributed by atoms with Gasteiger partial charge in [0.1, 0.15) is 5.75 Å². The maximum atomic E-state index is 11.7. The van der Waals surface area contributed by atoms with Crippen LogP contribution in [0.15, 0.2) is 30.8 Å². The van der Waals surface area contributed by atoms with Crippen LogP contribution in [-0.2, 0) is 0 Å². The highest BCUT2D eigenvalue weighted by Crippen LogP contribution is 2.21. The number of carbonyl (C=O) groups is 1. The lowest BCUT2D eigenvalue weighted by atomic mass is 9.96. The van der Waals surface area contributed by atoms with Crippen molar-refractivity contribution in [3.63, 3.8) is 0 Å². The molecule has 1 fully saturated rings. The van der Waals surface area contributed by atoms with Crippen LogP contribution in [0.25, 0.3) is 5.70 Å². The SMILES string of the molecule is C=C(NNC(=O)NC1CCCCC1)c1ccccc1O. The molecule has 1 aliphatic rings. The molecular formula is C15H21N3O2. The van der Waals surface area contributed by atoms with Crippen LogP contribution in [0.5, 0.6) is 5.75 Å². The summed E-state index contributed by atoms with van der Waals surface area (Å²) in [5, 5.41) is 12.6. The normalized spacial score (nSPS) is 15.4. The van der Waals surface area contributed by atoms with Crippen LogP contribution in [0.1, 0.15) is 37.7 Å². The summed E-state index contributed by atoms with van der Waals surface area (Å²) in [6, 6.07) is 6.81. The van der Waals surface area contributed by atoms with E-state index >= 15 is 0 Å². The van der Waals surface area contributed by atoms with E-state index in [1.165, 1.54) is 19.3 Å². The second-order valence-electron chi connectivity index (χ2n) is 5.05. The largest absolute Gasteiger partial charge is 0.507 e. The van der Waals surface area contributed by atoms with E-state index in [4.69, 9.17) is 0 Å². The predicted octanol–water partition coefficient (Wildman–Crippen LogP) is 2.50. The van der Waals surface area contributed by atoms with E-state index in [0.29, 0.717) is 11.3 Å². The van der Waals surface area contributed by atoms with Gasteiger partial charge in [-0.05, 0) is 25.0 Å². The Labute approximate surface area is 119 Å². The number of carbonyl (C=O) groups excluding carboxylic acids is 1. The molecule has 2 rings (SSSR count). The topological polar surface area (TPSA) is 73.4 Å². The van der Waals surface area contributed by atoms with Crippen molar-refractivity contribution in [2.24, 2.45) is 0 Å². The van der Waals surface area contributed by atoms with Crippen molar-refractivity contribution in [3.8, 4) is 5.75 Å². The number of aromatic hydroxyl groups is 1. The van der Waals surface area contributed by atoms with Crippen molar-refractivity contribution >= 4 is 11.7 Å². The third-order valence-corrected chi connectivity index (χ3v) is 3.50. The molecule has 0 aliphatic heterocycles. The summed E-state index contributed by atoms with van der Waals surface area (Å²) < 4.78 is 0. The number of rotatable bonds is 4. The molecule has 2 amide bonds. The Hall–Kier alpha value is -2.17. The lowest BCUT2D eigenvalue weighted by Gasteiger charge is -2.23. The minimum absolute atomic E-state index is 0.125. The van der Waals surface area contributed by atoms with Gasteiger partial charge in [0, 0.05) is 11.6 Å². The maximum Gasteiger partial charge on any atom is 0.333 e. The van der Waals surface area contributed by atoms with Crippen LogP contribution in [-0.4, -0.2) is 17.2 Å². The van der Waals surface area contributed by atoms with Crippen molar-refractivity contribution in [3.05, 3.63) is 36.4 Å². The Bertz CT molecular complexity index is 482. The van der Waals surface area contributed by atoms with E-state index in [0.717, 1.165) is 12.8 Å². The number of hydrogen-bond acceptors (Lipinski definition) is 3. The highest BCUT2D eigenvalue weighted by molar-refractivity contribution is 5.76. The molecule has 1 aliphatic carbocycles. The molecule has 0 atom stereocenters. The number of phenolic OH excluding ortho intramolecular Hbond substituents is 1. The zero-order chi connectivity index (χ0) is 14.4. The number of amides is 2. The fourth-order valence-electron chi connectivity index (χ4n) is 2.40. The smallest absolute Gasteiger partial charge is 0.333 e. The Morgan fingerprint density at radius 2 is 1.85 bits per heavy atom. The first-order valence-electron chi connectivity index (χ1n) is 6.96. The Balaban J connectivity index is 1.78. The third kappa shape index (κ3) is 3.91. The van der Waals surface area contributed by atoms with Crippen molar-refractivity contribution in [2.75, 3.05) is 0 Å². The van der Waals surface area contributed by atoms with Crippen LogP contribution in [0.2, 0.25) is 0 Å². The third-order valence-electron chi connectivity index (χ3n) is 3.50. The Morgan fingerprint density at radius 1 is 1.15 bits per heavy atom. The standard InChI is InChI=1S/C15H21N3O2/c1-11(13-9-5-6-10-14(13)19)17-18-15(20)16-12-7-3-2-4-8-12/h5-6,9-10,12,17,19H,1-4,7-8H2,(H2,16,18,20). The molecule has 4 N–H and O–H groups in total. The van der Waals surface area contributed by atoms with Gasteiger partial charge in [0.05, 0.1) is 5.70 Å². The van der Waals surface area contributed by atoms with Crippen LogP contribution >= 0.6 is 0 Å². The number of urea groups is 1. The number of nitrogens with one attached hydrogen (secondary N) is 3. The van der Waals surface area contributed by atoms with E-state index in [1.807, 2.05) is 0 Å². The average molecular weight is 275 g/mol. The summed E-state index contributed by atoms with van der Waals surface area (Å²) in [6.07, 6.45) is 5.66. The van der Waals surface area contributed by atoms with Gasteiger partial charge in [-0.3, -0.25) is 10.9 Å². The first-order valence-corrected chi connectivity index (χ1v) is 6.96. The summed E-state index contributed by atoms with van der Waals surface area (Å²) in [5.41, 5.74) is 6.26. The molecule has 0 heterocycles. The second kappa shape index (κ2) is 6.84. The van der Waals surface area contributed by atoms with Gasteiger partial charge in [-0.15, -0.1) is 0 Å². The summed E-state index contributed by atoms with van der Waals surface area (Å²) in [5.74, 6) is 0.125. The summed E-state index contributed by atoms with van der Waals surface area (Å²) in [4.78, 5) is 11.7. The van der Waals surface area contributed by atoms with Crippen molar-refractivity contribution in [1.82, 2.24) is 16.2 Å². The molecule has 0 spiro atoms. The first-order chi connectivity index (χ1) is 9.66. The number of phenols is 1. The molecule has 5 nitrogen and oxygen atoms in total. The van der Waals surface area contributed by atoms with E-state index in [9.17, 15) is 9.90 Å². The van der Waals surface area contributed by atoms with Gasteiger partial charge in [-0.2, -0.15) is 0 Å². The van der Waals surface area contributed by atoms with Crippen LogP contribution in [0.3, 0.4) is 0 Å². The molecule has 0 unspecified atom stereocenters. The lowest BCUT2D eigenvalue weighted by Crippen LogP contribution is -2.47. The van der Waals surface area contributed by atoms with Crippen LogP contribution < -0.4 is 16.2 Å². The molecule has 0 radical (unpaired) electrons. The Morgan fingerprint density at radius 3 is 2.55 bits per heavy atom. The predicted molar refractivity (Wildman–Crippen MR) is 78.8 cm³/mol. The lowest BCUT2D eigenvalue weighted by molar-refractivity contribution is 0.230. The molecule has 0 aromatic heterocycles. The quantitative estimate of drug-likeness (QED) is 0.638. The summed E-state index contributed by atoms with van der Waals surface area (Å²) in [6.45, 7) is 3.79. The van der Waals surface area contributed by atoms with Crippen LogP contribution in [0, 0.1) is 0 Å². The number of para-hydroxylation sites is 1. The van der Waals surface area contributed by atoms with Gasteiger partial charge in [-0.25, -0.2) is 4.79 Å². The zero-order valence-electron chi connectivity index (χ0n) is 11.5. The molecular weight excluding hydrogens is 254 g/mol. The monoisotopic (exact) mass is 275 g/mol. The fourth-order valence-corrected chi connectivity index (χ4v) is 2.40. The highest BCUT2D eigenvalue weighted by Gasteiger charge is 2.15. The molecule has 0 saturated heterocycles. The maximum absolute atomic E-state index is 11.7. The van der Waals surface area contributed by atoms with Gasteiger partial charge in [0.25, 0.3) is 0 Å². The van der Waals surface area contributed by atoms with Gasteiger partial charge >= 0.3 is 6.03 Å².